The van der Waals surface area contributed by atoms with E-state index in [4.69, 9.17) is 10.5 Å². The Bertz CT molecular complexity index is 374. The molecule has 2 heteroatoms. The van der Waals surface area contributed by atoms with Gasteiger partial charge in [-0.3, -0.25) is 0 Å². The van der Waals surface area contributed by atoms with Crippen molar-refractivity contribution in [2.45, 2.75) is 51.2 Å². The van der Waals surface area contributed by atoms with Gasteiger partial charge in [0.25, 0.3) is 0 Å². The van der Waals surface area contributed by atoms with Gasteiger partial charge in [-0.25, -0.2) is 0 Å². The molecule has 1 atom stereocenters. The molecule has 1 aliphatic carbocycles. The van der Waals surface area contributed by atoms with E-state index < -0.39 is 0 Å². The predicted molar refractivity (Wildman–Crippen MR) is 71.1 cm³/mol. The van der Waals surface area contributed by atoms with Crippen molar-refractivity contribution >= 4 is 0 Å². The molecule has 1 aromatic carbocycles. The third-order valence-electron chi connectivity index (χ3n) is 4.03. The van der Waals surface area contributed by atoms with Crippen LogP contribution in [0.1, 0.15) is 48.4 Å². The van der Waals surface area contributed by atoms with E-state index in [-0.39, 0.29) is 11.6 Å². The lowest BCUT2D eigenvalue weighted by Crippen LogP contribution is -2.40. The van der Waals surface area contributed by atoms with Crippen molar-refractivity contribution in [3.05, 3.63) is 34.9 Å². The SMILES string of the molecule is COC1(C(N)c2cc(C)cc(C)c2)CCCC1. The van der Waals surface area contributed by atoms with Gasteiger partial charge in [-0.2, -0.15) is 0 Å². The van der Waals surface area contributed by atoms with Crippen LogP contribution >= 0.6 is 0 Å². The molecule has 0 amide bonds. The highest BCUT2D eigenvalue weighted by Gasteiger charge is 2.40. The first kappa shape index (κ1) is 12.6. The zero-order valence-corrected chi connectivity index (χ0v) is 11.1. The highest BCUT2D eigenvalue weighted by atomic mass is 16.5. The van der Waals surface area contributed by atoms with Crippen LogP contribution in [0.3, 0.4) is 0 Å². The Labute approximate surface area is 104 Å². The summed E-state index contributed by atoms with van der Waals surface area (Å²) in [6, 6.07) is 6.56. The summed E-state index contributed by atoms with van der Waals surface area (Å²) in [5.74, 6) is 0. The zero-order chi connectivity index (χ0) is 12.5. The van der Waals surface area contributed by atoms with Gasteiger partial charge in [0, 0.05) is 7.11 Å². The molecule has 0 saturated heterocycles. The second-order valence-electron chi connectivity index (χ2n) is 5.37. The molecule has 0 spiro atoms. The van der Waals surface area contributed by atoms with Gasteiger partial charge >= 0.3 is 0 Å². The van der Waals surface area contributed by atoms with E-state index >= 15 is 0 Å². The molecule has 0 radical (unpaired) electrons. The number of hydrogen-bond acceptors (Lipinski definition) is 2. The van der Waals surface area contributed by atoms with Crippen LogP contribution in [0.15, 0.2) is 18.2 Å². The standard InChI is InChI=1S/C15H23NO/c1-11-8-12(2)10-13(9-11)14(16)15(17-3)6-4-5-7-15/h8-10,14H,4-7,16H2,1-3H3. The summed E-state index contributed by atoms with van der Waals surface area (Å²) in [5.41, 5.74) is 10.1. The summed E-state index contributed by atoms with van der Waals surface area (Å²) in [6.07, 6.45) is 4.62. The molecule has 94 valence electrons. The Morgan fingerprint density at radius 1 is 1.12 bits per heavy atom. The van der Waals surface area contributed by atoms with Gasteiger partial charge in [-0.05, 0) is 32.3 Å². The van der Waals surface area contributed by atoms with Gasteiger partial charge in [0.15, 0.2) is 0 Å². The minimum absolute atomic E-state index is 0.00593. The lowest BCUT2D eigenvalue weighted by atomic mass is 9.86. The van der Waals surface area contributed by atoms with Gasteiger partial charge in [0.1, 0.15) is 0 Å². The first-order chi connectivity index (χ1) is 8.07. The second-order valence-corrected chi connectivity index (χ2v) is 5.37. The van der Waals surface area contributed by atoms with Crippen molar-refractivity contribution in [3.63, 3.8) is 0 Å². The Morgan fingerprint density at radius 3 is 2.12 bits per heavy atom. The summed E-state index contributed by atoms with van der Waals surface area (Å²) in [5, 5.41) is 0. The fraction of sp³-hybridized carbons (Fsp3) is 0.600. The lowest BCUT2D eigenvalue weighted by molar-refractivity contribution is -0.0264. The number of rotatable bonds is 3. The van der Waals surface area contributed by atoms with Crippen molar-refractivity contribution in [2.75, 3.05) is 7.11 Å². The topological polar surface area (TPSA) is 35.2 Å². The molecule has 2 rings (SSSR count). The quantitative estimate of drug-likeness (QED) is 0.869. The van der Waals surface area contributed by atoms with Gasteiger partial charge in [-0.1, -0.05) is 42.2 Å². The number of aryl methyl sites for hydroxylation is 2. The first-order valence-corrected chi connectivity index (χ1v) is 6.46. The average Bonchev–Trinajstić information content (AvgIpc) is 2.76. The molecule has 0 aromatic heterocycles. The van der Waals surface area contributed by atoms with E-state index in [2.05, 4.69) is 32.0 Å². The van der Waals surface area contributed by atoms with E-state index in [0.29, 0.717) is 0 Å². The summed E-state index contributed by atoms with van der Waals surface area (Å²) < 4.78 is 5.77. The molecule has 1 unspecified atom stereocenters. The van der Waals surface area contributed by atoms with Crippen molar-refractivity contribution < 1.29 is 4.74 Å². The molecule has 0 bridgehead atoms. The Balaban J connectivity index is 2.32. The minimum atomic E-state index is -0.139. The van der Waals surface area contributed by atoms with Crippen molar-refractivity contribution in [1.29, 1.82) is 0 Å². The molecule has 1 aromatic rings. The Morgan fingerprint density at radius 2 is 1.65 bits per heavy atom. The second kappa shape index (κ2) is 4.79. The van der Waals surface area contributed by atoms with Gasteiger partial charge in [0.05, 0.1) is 11.6 Å². The van der Waals surface area contributed by atoms with Crippen LogP contribution in [0.5, 0.6) is 0 Å². The van der Waals surface area contributed by atoms with E-state index in [1.165, 1.54) is 29.5 Å². The van der Waals surface area contributed by atoms with Gasteiger partial charge in [-0.15, -0.1) is 0 Å². The molecule has 0 heterocycles. The maximum absolute atomic E-state index is 6.46. The number of nitrogens with two attached hydrogens (primary N) is 1. The maximum atomic E-state index is 6.46. The van der Waals surface area contributed by atoms with E-state index in [1.807, 2.05) is 0 Å². The highest BCUT2D eigenvalue weighted by Crippen LogP contribution is 2.41. The van der Waals surface area contributed by atoms with Gasteiger partial charge < -0.3 is 10.5 Å². The molecular weight excluding hydrogens is 210 g/mol. The number of hydrogen-bond donors (Lipinski definition) is 1. The zero-order valence-electron chi connectivity index (χ0n) is 11.1. The number of benzene rings is 1. The molecule has 0 aliphatic heterocycles. The van der Waals surface area contributed by atoms with E-state index in [0.717, 1.165) is 12.8 Å². The summed E-state index contributed by atoms with van der Waals surface area (Å²) in [4.78, 5) is 0. The van der Waals surface area contributed by atoms with Crippen LogP contribution < -0.4 is 5.73 Å². The lowest BCUT2D eigenvalue weighted by Gasteiger charge is -2.34. The third-order valence-corrected chi connectivity index (χ3v) is 4.03. The van der Waals surface area contributed by atoms with Crippen molar-refractivity contribution in [3.8, 4) is 0 Å². The minimum Gasteiger partial charge on any atom is -0.376 e. The molecule has 1 saturated carbocycles. The fourth-order valence-corrected chi connectivity index (χ4v) is 3.11. The largest absolute Gasteiger partial charge is 0.376 e. The van der Waals surface area contributed by atoms with Crippen LogP contribution in [0.4, 0.5) is 0 Å². The third kappa shape index (κ3) is 2.38. The Hall–Kier alpha value is -0.860. The van der Waals surface area contributed by atoms with Gasteiger partial charge in [0.2, 0.25) is 0 Å². The molecule has 1 fully saturated rings. The van der Waals surface area contributed by atoms with Crippen molar-refractivity contribution in [2.24, 2.45) is 5.73 Å². The Kier molecular flexibility index (Phi) is 3.55. The maximum Gasteiger partial charge on any atom is 0.0870 e. The number of ether oxygens (including phenoxy) is 1. The molecule has 17 heavy (non-hydrogen) atoms. The smallest absolute Gasteiger partial charge is 0.0870 e. The first-order valence-electron chi connectivity index (χ1n) is 6.46. The normalized spacial score (nSPS) is 20.5. The summed E-state index contributed by atoms with van der Waals surface area (Å²) in [7, 11) is 1.80. The monoisotopic (exact) mass is 233 g/mol. The fourth-order valence-electron chi connectivity index (χ4n) is 3.11. The highest BCUT2D eigenvalue weighted by molar-refractivity contribution is 5.32. The number of methoxy groups -OCH3 is 1. The van der Waals surface area contributed by atoms with Crippen LogP contribution in [-0.4, -0.2) is 12.7 Å². The molecule has 2 nitrogen and oxygen atoms in total. The molecule has 2 N–H and O–H groups in total. The van der Waals surface area contributed by atoms with Crippen molar-refractivity contribution in [1.82, 2.24) is 0 Å². The summed E-state index contributed by atoms with van der Waals surface area (Å²) in [6.45, 7) is 4.24. The molecular formula is C15H23NO. The van der Waals surface area contributed by atoms with E-state index in [9.17, 15) is 0 Å². The predicted octanol–water partition coefficient (Wildman–Crippen LogP) is 3.26. The van der Waals surface area contributed by atoms with Crippen LogP contribution in [0.2, 0.25) is 0 Å². The van der Waals surface area contributed by atoms with Crippen LogP contribution in [-0.2, 0) is 4.74 Å². The van der Waals surface area contributed by atoms with Crippen LogP contribution in [0, 0.1) is 13.8 Å². The van der Waals surface area contributed by atoms with E-state index in [1.54, 1.807) is 7.11 Å². The average molecular weight is 233 g/mol. The van der Waals surface area contributed by atoms with Crippen LogP contribution in [0.25, 0.3) is 0 Å². The summed E-state index contributed by atoms with van der Waals surface area (Å²) >= 11 is 0. The molecule has 1 aliphatic rings.